The molecule has 1 unspecified atom stereocenters. The largest absolute Gasteiger partial charge is 0.273 e. The standard InChI is InChI=1S/C9H14N2OS/c1-6-4-13-5-8(6)10-11-9(12)7-2-3-7/h6-7H,2-5H2,1H3,(H,11,12)/b10-8+. The van der Waals surface area contributed by atoms with Crippen molar-refractivity contribution in [3.8, 4) is 0 Å². The van der Waals surface area contributed by atoms with Gasteiger partial charge in [0, 0.05) is 23.3 Å². The van der Waals surface area contributed by atoms with Crippen molar-refractivity contribution in [2.24, 2.45) is 16.9 Å². The van der Waals surface area contributed by atoms with Crippen LogP contribution in [0.3, 0.4) is 0 Å². The van der Waals surface area contributed by atoms with Crippen molar-refractivity contribution in [1.29, 1.82) is 0 Å². The van der Waals surface area contributed by atoms with E-state index in [4.69, 9.17) is 0 Å². The van der Waals surface area contributed by atoms with E-state index in [1.54, 1.807) is 0 Å². The van der Waals surface area contributed by atoms with E-state index in [1.165, 1.54) is 0 Å². The lowest BCUT2D eigenvalue weighted by Crippen LogP contribution is -2.22. The van der Waals surface area contributed by atoms with Crippen molar-refractivity contribution in [3.05, 3.63) is 0 Å². The molecule has 2 rings (SSSR count). The van der Waals surface area contributed by atoms with E-state index in [0.717, 1.165) is 30.1 Å². The van der Waals surface area contributed by atoms with Gasteiger partial charge in [0.05, 0.1) is 5.71 Å². The van der Waals surface area contributed by atoms with Gasteiger partial charge in [0.15, 0.2) is 0 Å². The molecule has 0 aromatic carbocycles. The Morgan fingerprint density at radius 2 is 2.38 bits per heavy atom. The smallest absolute Gasteiger partial charge is 0.243 e. The molecule has 1 aliphatic heterocycles. The van der Waals surface area contributed by atoms with Crippen molar-refractivity contribution < 1.29 is 4.79 Å². The summed E-state index contributed by atoms with van der Waals surface area (Å²) >= 11 is 1.88. The van der Waals surface area contributed by atoms with Gasteiger partial charge in [-0.05, 0) is 12.8 Å². The van der Waals surface area contributed by atoms with Gasteiger partial charge in [0.1, 0.15) is 0 Å². The Labute approximate surface area is 82.3 Å². The Bertz CT molecular complexity index is 248. The summed E-state index contributed by atoms with van der Waals surface area (Å²) in [5.41, 5.74) is 3.79. The predicted molar refractivity (Wildman–Crippen MR) is 54.8 cm³/mol. The molecular formula is C9H14N2OS. The third-order valence-electron chi connectivity index (χ3n) is 2.44. The van der Waals surface area contributed by atoms with Crippen LogP contribution in [0.15, 0.2) is 5.10 Å². The van der Waals surface area contributed by atoms with Crippen LogP contribution < -0.4 is 5.43 Å². The van der Waals surface area contributed by atoms with Gasteiger partial charge >= 0.3 is 0 Å². The number of nitrogens with one attached hydrogen (secondary N) is 1. The zero-order chi connectivity index (χ0) is 9.26. The quantitative estimate of drug-likeness (QED) is 0.678. The molecule has 1 saturated heterocycles. The maximum atomic E-state index is 11.2. The Balaban J connectivity index is 1.84. The first-order chi connectivity index (χ1) is 6.27. The summed E-state index contributed by atoms with van der Waals surface area (Å²) in [7, 11) is 0. The van der Waals surface area contributed by atoms with Crippen LogP contribution in [0.2, 0.25) is 0 Å². The van der Waals surface area contributed by atoms with Crippen molar-refractivity contribution in [3.63, 3.8) is 0 Å². The van der Waals surface area contributed by atoms with Crippen LogP contribution in [-0.2, 0) is 4.79 Å². The van der Waals surface area contributed by atoms with Gasteiger partial charge in [0.25, 0.3) is 0 Å². The molecule has 0 bridgehead atoms. The molecule has 0 aromatic heterocycles. The van der Waals surface area contributed by atoms with E-state index in [1.807, 2.05) is 11.8 Å². The summed E-state index contributed by atoms with van der Waals surface area (Å²) in [5, 5.41) is 4.16. The minimum atomic E-state index is 0.108. The van der Waals surface area contributed by atoms with Crippen molar-refractivity contribution in [2.75, 3.05) is 11.5 Å². The maximum absolute atomic E-state index is 11.2. The number of carbonyl (C=O) groups excluding carboxylic acids is 1. The summed E-state index contributed by atoms with van der Waals surface area (Å²) in [5.74, 6) is 3.01. The first-order valence-electron chi connectivity index (χ1n) is 4.71. The summed E-state index contributed by atoms with van der Waals surface area (Å²) in [6.07, 6.45) is 2.09. The highest BCUT2D eigenvalue weighted by Gasteiger charge is 2.29. The average molecular weight is 198 g/mol. The molecule has 2 aliphatic rings. The van der Waals surface area contributed by atoms with E-state index in [2.05, 4.69) is 17.5 Å². The SMILES string of the molecule is CC1CSC/C1=N\NC(=O)C1CC1. The molecular weight excluding hydrogens is 184 g/mol. The van der Waals surface area contributed by atoms with E-state index < -0.39 is 0 Å². The highest BCUT2D eigenvalue weighted by atomic mass is 32.2. The predicted octanol–water partition coefficient (Wildman–Crippen LogP) is 1.25. The maximum Gasteiger partial charge on any atom is 0.243 e. The zero-order valence-electron chi connectivity index (χ0n) is 7.75. The van der Waals surface area contributed by atoms with E-state index in [-0.39, 0.29) is 11.8 Å². The van der Waals surface area contributed by atoms with Gasteiger partial charge in [-0.15, -0.1) is 0 Å². The van der Waals surface area contributed by atoms with E-state index >= 15 is 0 Å². The Kier molecular flexibility index (Phi) is 2.58. The number of thioether (sulfide) groups is 1. The highest BCUT2D eigenvalue weighted by molar-refractivity contribution is 8.00. The summed E-state index contributed by atoms with van der Waals surface area (Å²) < 4.78 is 0. The molecule has 1 heterocycles. The molecule has 4 heteroatoms. The van der Waals surface area contributed by atoms with Crippen LogP contribution in [0.5, 0.6) is 0 Å². The fourth-order valence-corrected chi connectivity index (χ4v) is 2.51. The number of hydrogen-bond acceptors (Lipinski definition) is 3. The molecule has 1 amide bonds. The number of carbonyl (C=O) groups is 1. The highest BCUT2D eigenvalue weighted by Crippen LogP contribution is 2.28. The molecule has 0 spiro atoms. The molecule has 2 fully saturated rings. The summed E-state index contributed by atoms with van der Waals surface area (Å²) in [6, 6.07) is 0. The van der Waals surface area contributed by atoms with Crippen LogP contribution >= 0.6 is 11.8 Å². The zero-order valence-corrected chi connectivity index (χ0v) is 8.56. The van der Waals surface area contributed by atoms with Gasteiger partial charge in [-0.3, -0.25) is 4.79 Å². The van der Waals surface area contributed by atoms with Crippen LogP contribution in [0.1, 0.15) is 19.8 Å². The molecule has 0 aromatic rings. The normalized spacial score (nSPS) is 30.8. The van der Waals surface area contributed by atoms with Crippen LogP contribution in [0, 0.1) is 11.8 Å². The van der Waals surface area contributed by atoms with Crippen molar-refractivity contribution in [1.82, 2.24) is 5.43 Å². The molecule has 1 N–H and O–H groups in total. The lowest BCUT2D eigenvalue weighted by molar-refractivity contribution is -0.122. The van der Waals surface area contributed by atoms with Crippen LogP contribution in [-0.4, -0.2) is 23.1 Å². The third-order valence-corrected chi connectivity index (χ3v) is 3.68. The number of amides is 1. The topological polar surface area (TPSA) is 41.5 Å². The molecule has 72 valence electrons. The second kappa shape index (κ2) is 3.70. The average Bonchev–Trinajstić information content (AvgIpc) is 2.88. The molecule has 0 radical (unpaired) electrons. The number of hydrogen-bond donors (Lipinski definition) is 1. The first-order valence-corrected chi connectivity index (χ1v) is 5.87. The monoisotopic (exact) mass is 198 g/mol. The van der Waals surface area contributed by atoms with Crippen LogP contribution in [0.25, 0.3) is 0 Å². The molecule has 13 heavy (non-hydrogen) atoms. The number of nitrogens with zero attached hydrogens (tertiary/aromatic N) is 1. The van der Waals surface area contributed by atoms with Gasteiger partial charge in [-0.25, -0.2) is 5.43 Å². The third kappa shape index (κ3) is 2.24. The first kappa shape index (κ1) is 9.06. The second-order valence-electron chi connectivity index (χ2n) is 3.77. The number of rotatable bonds is 2. The van der Waals surface area contributed by atoms with E-state index in [0.29, 0.717) is 5.92 Å². The van der Waals surface area contributed by atoms with Crippen molar-refractivity contribution in [2.45, 2.75) is 19.8 Å². The molecule has 1 saturated carbocycles. The fourth-order valence-electron chi connectivity index (χ4n) is 1.28. The molecule has 1 atom stereocenters. The summed E-state index contributed by atoms with van der Waals surface area (Å²) in [6.45, 7) is 2.15. The minimum Gasteiger partial charge on any atom is -0.273 e. The lowest BCUT2D eigenvalue weighted by atomic mass is 10.1. The Hall–Kier alpha value is -0.510. The lowest BCUT2D eigenvalue weighted by Gasteiger charge is -2.02. The van der Waals surface area contributed by atoms with E-state index in [9.17, 15) is 4.79 Å². The van der Waals surface area contributed by atoms with Gasteiger partial charge < -0.3 is 0 Å². The fraction of sp³-hybridized carbons (Fsp3) is 0.778. The Morgan fingerprint density at radius 3 is 2.92 bits per heavy atom. The number of hydrazone groups is 1. The van der Waals surface area contributed by atoms with Gasteiger partial charge in [0.2, 0.25) is 5.91 Å². The Morgan fingerprint density at radius 1 is 1.62 bits per heavy atom. The molecule has 1 aliphatic carbocycles. The van der Waals surface area contributed by atoms with Gasteiger partial charge in [-0.1, -0.05) is 6.92 Å². The van der Waals surface area contributed by atoms with Crippen molar-refractivity contribution >= 4 is 23.4 Å². The van der Waals surface area contributed by atoms with Crippen LogP contribution in [0.4, 0.5) is 0 Å². The minimum absolute atomic E-state index is 0.108. The summed E-state index contributed by atoms with van der Waals surface area (Å²) in [4.78, 5) is 11.2. The second-order valence-corrected chi connectivity index (χ2v) is 4.80. The van der Waals surface area contributed by atoms with Gasteiger partial charge in [-0.2, -0.15) is 16.9 Å². The molecule has 3 nitrogen and oxygen atoms in total.